The maximum absolute atomic E-state index is 13.0. The second-order valence-corrected chi connectivity index (χ2v) is 6.47. The van der Waals surface area contributed by atoms with Crippen LogP contribution in [-0.2, 0) is 13.2 Å². The average Bonchev–Trinajstić information content (AvgIpc) is 2.51. The van der Waals surface area contributed by atoms with E-state index in [2.05, 4.69) is 26.1 Å². The minimum Gasteiger partial charge on any atom is -1.00 e. The molecule has 0 saturated carbocycles. The first-order valence-electron chi connectivity index (χ1n) is 7.67. The van der Waals surface area contributed by atoms with Gasteiger partial charge >= 0.3 is 0 Å². The van der Waals surface area contributed by atoms with Crippen LogP contribution in [0.3, 0.4) is 0 Å². The Morgan fingerprint density at radius 2 is 1.71 bits per heavy atom. The molecule has 0 unspecified atom stereocenters. The molecule has 2 rings (SSSR count). The Labute approximate surface area is 149 Å². The highest BCUT2D eigenvalue weighted by Gasteiger charge is 2.14. The van der Waals surface area contributed by atoms with E-state index in [0.717, 1.165) is 16.9 Å². The molecule has 3 nitrogen and oxygen atoms in total. The van der Waals surface area contributed by atoms with Crippen LogP contribution < -0.4 is 27.2 Å². The third kappa shape index (κ3) is 6.02. The van der Waals surface area contributed by atoms with Crippen LogP contribution >= 0.6 is 0 Å². The number of hydrogen-bond donors (Lipinski definition) is 1. The van der Waals surface area contributed by atoms with Gasteiger partial charge in [0.15, 0.2) is 11.5 Å². The van der Waals surface area contributed by atoms with E-state index >= 15 is 0 Å². The standard InChI is InChI=1S/C19H24FNO2.ClH/c1-19(2,3)21-12-15-6-5-7-17(22-4)18(15)23-13-14-8-10-16(20)11-9-14;/h5-11,21H,12-13H2,1-4H3;1H/p-1. The highest BCUT2D eigenvalue weighted by Crippen LogP contribution is 2.32. The predicted octanol–water partition coefficient (Wildman–Crippen LogP) is 1.31. The molecule has 0 atom stereocenters. The normalized spacial score (nSPS) is 10.9. The van der Waals surface area contributed by atoms with Gasteiger partial charge in [-0.2, -0.15) is 0 Å². The largest absolute Gasteiger partial charge is 1.00 e. The molecule has 0 bridgehead atoms. The molecular weight excluding hydrogens is 329 g/mol. The van der Waals surface area contributed by atoms with Gasteiger partial charge < -0.3 is 27.2 Å². The van der Waals surface area contributed by atoms with Crippen molar-refractivity contribution in [3.8, 4) is 11.5 Å². The first-order valence-corrected chi connectivity index (χ1v) is 7.67. The fourth-order valence-electron chi connectivity index (χ4n) is 2.12. The van der Waals surface area contributed by atoms with Gasteiger partial charge in [0, 0.05) is 17.6 Å². The van der Waals surface area contributed by atoms with E-state index in [1.807, 2.05) is 18.2 Å². The van der Waals surface area contributed by atoms with Gasteiger partial charge in [-0.05, 0) is 44.5 Å². The number of rotatable bonds is 6. The minimum atomic E-state index is -0.249. The Hall–Kier alpha value is -1.78. The zero-order valence-corrected chi connectivity index (χ0v) is 15.3. The number of methoxy groups -OCH3 is 1. The highest BCUT2D eigenvalue weighted by atomic mass is 35.5. The van der Waals surface area contributed by atoms with Gasteiger partial charge in [-0.1, -0.05) is 24.3 Å². The molecule has 24 heavy (non-hydrogen) atoms. The third-order valence-electron chi connectivity index (χ3n) is 3.39. The van der Waals surface area contributed by atoms with Crippen molar-refractivity contribution >= 4 is 0 Å². The molecule has 0 fully saturated rings. The summed E-state index contributed by atoms with van der Waals surface area (Å²) in [6.07, 6.45) is 0. The van der Waals surface area contributed by atoms with E-state index in [1.54, 1.807) is 19.2 Å². The lowest BCUT2D eigenvalue weighted by atomic mass is 10.1. The van der Waals surface area contributed by atoms with Crippen molar-refractivity contribution in [2.45, 2.75) is 39.5 Å². The van der Waals surface area contributed by atoms with Crippen LogP contribution in [0, 0.1) is 5.82 Å². The van der Waals surface area contributed by atoms with E-state index < -0.39 is 0 Å². The van der Waals surface area contributed by atoms with Crippen LogP contribution in [0.1, 0.15) is 31.9 Å². The summed E-state index contributed by atoms with van der Waals surface area (Å²) >= 11 is 0. The van der Waals surface area contributed by atoms with E-state index in [9.17, 15) is 4.39 Å². The van der Waals surface area contributed by atoms with Crippen molar-refractivity contribution in [3.63, 3.8) is 0 Å². The summed E-state index contributed by atoms with van der Waals surface area (Å²) in [7, 11) is 1.63. The quantitative estimate of drug-likeness (QED) is 0.850. The molecule has 0 aromatic heterocycles. The monoisotopic (exact) mass is 352 g/mol. The summed E-state index contributed by atoms with van der Waals surface area (Å²) < 4.78 is 24.4. The van der Waals surface area contributed by atoms with E-state index in [-0.39, 0.29) is 23.8 Å². The molecule has 0 spiro atoms. The van der Waals surface area contributed by atoms with Crippen molar-refractivity contribution < 1.29 is 26.3 Å². The Morgan fingerprint density at radius 3 is 2.29 bits per heavy atom. The summed E-state index contributed by atoms with van der Waals surface area (Å²) in [4.78, 5) is 0. The molecule has 0 aliphatic rings. The molecule has 0 saturated heterocycles. The number of benzene rings is 2. The van der Waals surface area contributed by atoms with E-state index in [0.29, 0.717) is 18.9 Å². The Bertz CT molecular complexity index is 639. The molecule has 2 aromatic rings. The summed E-state index contributed by atoms with van der Waals surface area (Å²) in [6.45, 7) is 7.40. The summed E-state index contributed by atoms with van der Waals surface area (Å²) in [5, 5.41) is 3.45. The zero-order valence-electron chi connectivity index (χ0n) is 14.5. The fourth-order valence-corrected chi connectivity index (χ4v) is 2.12. The summed E-state index contributed by atoms with van der Waals surface area (Å²) in [5.74, 6) is 1.16. The number of hydrogen-bond acceptors (Lipinski definition) is 3. The van der Waals surface area contributed by atoms with Crippen LogP contribution in [0.25, 0.3) is 0 Å². The Balaban J connectivity index is 0.00000288. The van der Waals surface area contributed by atoms with Crippen LogP contribution in [0.2, 0.25) is 0 Å². The first kappa shape index (κ1) is 20.3. The van der Waals surface area contributed by atoms with Crippen molar-refractivity contribution in [1.82, 2.24) is 5.32 Å². The second kappa shape index (κ2) is 8.90. The lowest BCUT2D eigenvalue weighted by molar-refractivity contribution is -0.00000664. The number of para-hydroxylation sites is 1. The Kier molecular flexibility index (Phi) is 7.52. The summed E-state index contributed by atoms with van der Waals surface area (Å²) in [5.41, 5.74) is 1.95. The van der Waals surface area contributed by atoms with Crippen LogP contribution in [0.4, 0.5) is 4.39 Å². The van der Waals surface area contributed by atoms with Gasteiger partial charge in [0.2, 0.25) is 0 Å². The topological polar surface area (TPSA) is 30.5 Å². The smallest absolute Gasteiger partial charge is 0.166 e. The molecule has 0 radical (unpaired) electrons. The van der Waals surface area contributed by atoms with Gasteiger partial charge in [0.05, 0.1) is 7.11 Å². The molecule has 5 heteroatoms. The third-order valence-corrected chi connectivity index (χ3v) is 3.39. The predicted molar refractivity (Wildman–Crippen MR) is 90.3 cm³/mol. The lowest BCUT2D eigenvalue weighted by Crippen LogP contribution is -3.00. The van der Waals surface area contributed by atoms with Crippen LogP contribution in [0.15, 0.2) is 42.5 Å². The average molecular weight is 353 g/mol. The summed E-state index contributed by atoms with van der Waals surface area (Å²) in [6, 6.07) is 12.1. The van der Waals surface area contributed by atoms with Crippen molar-refractivity contribution in [3.05, 3.63) is 59.4 Å². The molecular formula is C19H24ClFNO2-. The lowest BCUT2D eigenvalue weighted by Gasteiger charge is -2.22. The van der Waals surface area contributed by atoms with Crippen molar-refractivity contribution in [2.24, 2.45) is 0 Å². The highest BCUT2D eigenvalue weighted by molar-refractivity contribution is 5.46. The van der Waals surface area contributed by atoms with Gasteiger partial charge in [0.1, 0.15) is 12.4 Å². The van der Waals surface area contributed by atoms with Crippen LogP contribution in [0.5, 0.6) is 11.5 Å². The van der Waals surface area contributed by atoms with E-state index in [4.69, 9.17) is 9.47 Å². The maximum atomic E-state index is 13.0. The Morgan fingerprint density at radius 1 is 1.04 bits per heavy atom. The molecule has 0 aliphatic heterocycles. The number of ether oxygens (including phenoxy) is 2. The van der Waals surface area contributed by atoms with Gasteiger partial charge in [-0.15, -0.1) is 0 Å². The molecule has 0 aliphatic carbocycles. The minimum absolute atomic E-state index is 0. The van der Waals surface area contributed by atoms with Gasteiger partial charge in [-0.3, -0.25) is 0 Å². The molecule has 0 amide bonds. The van der Waals surface area contributed by atoms with Crippen LogP contribution in [-0.4, -0.2) is 12.6 Å². The van der Waals surface area contributed by atoms with Crippen molar-refractivity contribution in [1.29, 1.82) is 0 Å². The van der Waals surface area contributed by atoms with E-state index in [1.165, 1.54) is 12.1 Å². The van der Waals surface area contributed by atoms with Crippen molar-refractivity contribution in [2.75, 3.05) is 7.11 Å². The first-order chi connectivity index (χ1) is 10.9. The zero-order chi connectivity index (χ0) is 16.9. The molecule has 1 N–H and O–H groups in total. The molecule has 0 heterocycles. The van der Waals surface area contributed by atoms with Gasteiger partial charge in [-0.25, -0.2) is 4.39 Å². The molecule has 132 valence electrons. The number of nitrogens with one attached hydrogen (secondary N) is 1. The number of halogens is 2. The van der Waals surface area contributed by atoms with Gasteiger partial charge in [0.25, 0.3) is 0 Å². The molecule has 2 aromatic carbocycles. The second-order valence-electron chi connectivity index (χ2n) is 6.47. The fraction of sp³-hybridized carbons (Fsp3) is 0.368. The SMILES string of the molecule is COc1cccc(CNC(C)(C)C)c1OCc1ccc(F)cc1.[Cl-]. The maximum Gasteiger partial charge on any atom is 0.166 e.